The summed E-state index contributed by atoms with van der Waals surface area (Å²) in [5.74, 6) is 0. The molecule has 1 aliphatic carbocycles. The van der Waals surface area contributed by atoms with Crippen LogP contribution in [0.3, 0.4) is 0 Å². The monoisotopic (exact) mass is 560 g/mol. The van der Waals surface area contributed by atoms with Crippen LogP contribution in [-0.4, -0.2) is 0 Å². The van der Waals surface area contributed by atoms with Gasteiger partial charge >= 0.3 is 0 Å². The van der Waals surface area contributed by atoms with Gasteiger partial charge in [-0.15, -0.1) is 0 Å². The second-order valence-corrected chi connectivity index (χ2v) is 12.6. The molecule has 0 N–H and O–H groups in total. The lowest BCUT2D eigenvalue weighted by molar-refractivity contribution is -0.772. The molecule has 3 aromatic carbocycles. The average Bonchev–Trinajstić information content (AvgIpc) is 3.38. The number of fused-ring (bicyclic) bond motifs is 9. The van der Waals surface area contributed by atoms with Crippen molar-refractivity contribution in [2.75, 3.05) is 0 Å². The Kier molecular flexibility index (Phi) is 6.05. The average molecular weight is 561 g/mol. The fraction of sp³-hybridized carbons (Fsp3) is 0.268. The third-order valence-corrected chi connectivity index (χ3v) is 10.8. The predicted molar refractivity (Wildman–Crippen MR) is 175 cm³/mol. The fourth-order valence-corrected chi connectivity index (χ4v) is 8.83. The maximum Gasteiger partial charge on any atom is 0.214 e. The Hall–Kier alpha value is -4.30. The topological polar surface area (TPSA) is 7.76 Å². The smallest absolute Gasteiger partial charge is 0.187 e. The van der Waals surface area contributed by atoms with Crippen molar-refractivity contribution in [2.24, 2.45) is 0 Å². The van der Waals surface area contributed by atoms with Crippen LogP contribution in [-0.2, 0) is 17.4 Å². The van der Waals surface area contributed by atoms with Gasteiger partial charge < -0.3 is 0 Å². The van der Waals surface area contributed by atoms with E-state index >= 15 is 0 Å². The molecule has 2 nitrogen and oxygen atoms in total. The van der Waals surface area contributed by atoms with Gasteiger partial charge in [0.05, 0.1) is 22.1 Å². The van der Waals surface area contributed by atoms with Crippen molar-refractivity contribution in [2.45, 2.75) is 69.9 Å². The number of allylic oxidation sites excluding steroid dienone is 2. The Labute approximate surface area is 256 Å². The van der Waals surface area contributed by atoms with Crippen LogP contribution < -0.4 is 9.13 Å². The minimum Gasteiger partial charge on any atom is -0.187 e. The van der Waals surface area contributed by atoms with E-state index in [1.54, 1.807) is 0 Å². The summed E-state index contributed by atoms with van der Waals surface area (Å²) in [6.45, 7) is 7.09. The van der Waals surface area contributed by atoms with Crippen LogP contribution in [0.25, 0.3) is 33.6 Å². The number of unbranched alkanes of at least 4 members (excludes halogenated alkanes) is 1. The normalized spacial score (nSPS) is 22.4. The molecule has 0 radical (unpaired) electrons. The predicted octanol–water partition coefficient (Wildman–Crippen LogP) is 8.91. The molecule has 5 aromatic rings. The van der Waals surface area contributed by atoms with E-state index in [9.17, 15) is 0 Å². The summed E-state index contributed by atoms with van der Waals surface area (Å²) in [6.07, 6.45) is 13.1. The van der Waals surface area contributed by atoms with Crippen LogP contribution in [0.2, 0.25) is 0 Å². The maximum atomic E-state index is 2.68. The number of rotatable bonds is 7. The zero-order valence-corrected chi connectivity index (χ0v) is 25.6. The number of pyridine rings is 2. The van der Waals surface area contributed by atoms with E-state index in [-0.39, 0.29) is 17.0 Å². The molecule has 4 heterocycles. The number of aromatic nitrogens is 2. The van der Waals surface area contributed by atoms with Crippen LogP contribution in [0.4, 0.5) is 0 Å². The number of aryl methyl sites for hydroxylation is 1. The zero-order valence-electron chi connectivity index (χ0n) is 25.6. The highest BCUT2D eigenvalue weighted by atomic mass is 15.1. The van der Waals surface area contributed by atoms with Crippen LogP contribution in [0, 0.1) is 0 Å². The molecule has 212 valence electrons. The third-order valence-electron chi connectivity index (χ3n) is 10.8. The molecule has 3 atom stereocenters. The third kappa shape index (κ3) is 3.47. The molecule has 2 aliphatic heterocycles. The minimum absolute atomic E-state index is 0.0431. The van der Waals surface area contributed by atoms with E-state index in [2.05, 4.69) is 152 Å². The number of benzene rings is 3. The summed E-state index contributed by atoms with van der Waals surface area (Å²) < 4.78 is 5.24. The van der Waals surface area contributed by atoms with Crippen LogP contribution >= 0.6 is 0 Å². The summed E-state index contributed by atoms with van der Waals surface area (Å²) in [5, 5.41) is 0. The molecule has 3 unspecified atom stereocenters. The Morgan fingerprint density at radius 2 is 1.44 bits per heavy atom. The number of hydrogen-bond acceptors (Lipinski definition) is 0. The van der Waals surface area contributed by atoms with Gasteiger partial charge in [0.2, 0.25) is 23.0 Å². The van der Waals surface area contributed by atoms with E-state index in [1.807, 2.05) is 0 Å². The highest BCUT2D eigenvalue weighted by Crippen LogP contribution is 2.63. The summed E-state index contributed by atoms with van der Waals surface area (Å²) in [7, 11) is 0. The van der Waals surface area contributed by atoms with Crippen LogP contribution in [0.5, 0.6) is 0 Å². The first-order valence-electron chi connectivity index (χ1n) is 16.2. The largest absolute Gasteiger partial charge is 0.214 e. The first kappa shape index (κ1) is 26.3. The maximum absolute atomic E-state index is 2.68. The molecular formula is C41H40N2+2. The van der Waals surface area contributed by atoms with Crippen LogP contribution in [0.1, 0.15) is 69.2 Å². The fourth-order valence-electron chi connectivity index (χ4n) is 8.83. The van der Waals surface area contributed by atoms with Gasteiger partial charge in [0, 0.05) is 36.2 Å². The van der Waals surface area contributed by atoms with Gasteiger partial charge in [-0.1, -0.05) is 100.0 Å². The molecule has 0 spiro atoms. The summed E-state index contributed by atoms with van der Waals surface area (Å²) in [6, 6.07) is 38.9. The van der Waals surface area contributed by atoms with Crippen molar-refractivity contribution in [3.05, 3.63) is 144 Å². The number of hydrogen-bond donors (Lipinski definition) is 0. The van der Waals surface area contributed by atoms with Crippen molar-refractivity contribution >= 4 is 0 Å². The van der Waals surface area contributed by atoms with E-state index in [4.69, 9.17) is 0 Å². The van der Waals surface area contributed by atoms with Gasteiger partial charge in [0.25, 0.3) is 0 Å². The second kappa shape index (κ2) is 9.88. The Balaban J connectivity index is 1.36. The standard InChI is InChI=1S/C41H40N2/c1-4-7-15-29-22-25-43-38(26-29)34-20-13-14-21-35(34)40(5-2)28-36(41(40,43)6-3)39-33-19-12-11-18-32(33)37-27-31(23-24-42(37)39)30-16-9-8-10-17-30/h8-14,16-28,39H,4-7,15H2,1-3H3/q+2. The van der Waals surface area contributed by atoms with Crippen molar-refractivity contribution < 1.29 is 9.13 Å². The van der Waals surface area contributed by atoms with Gasteiger partial charge in [-0.2, -0.15) is 9.13 Å². The molecule has 0 bridgehead atoms. The van der Waals surface area contributed by atoms with Crippen molar-refractivity contribution in [1.29, 1.82) is 0 Å². The van der Waals surface area contributed by atoms with Gasteiger partial charge in [-0.3, -0.25) is 0 Å². The lowest BCUT2D eigenvalue weighted by Gasteiger charge is -2.56. The molecule has 0 fully saturated rings. The number of nitrogens with zero attached hydrogens (tertiary/aromatic N) is 2. The molecule has 8 rings (SSSR count). The van der Waals surface area contributed by atoms with E-state index < -0.39 is 0 Å². The van der Waals surface area contributed by atoms with E-state index in [1.165, 1.54) is 68.7 Å². The Bertz CT molecular complexity index is 1900. The van der Waals surface area contributed by atoms with Crippen molar-refractivity contribution in [1.82, 2.24) is 0 Å². The highest BCUT2D eigenvalue weighted by Gasteiger charge is 2.72. The molecule has 2 aromatic heterocycles. The van der Waals surface area contributed by atoms with E-state index in [0.29, 0.717) is 0 Å². The highest BCUT2D eigenvalue weighted by molar-refractivity contribution is 5.75. The lowest BCUT2D eigenvalue weighted by atomic mass is 9.47. The van der Waals surface area contributed by atoms with Crippen LogP contribution in [0.15, 0.2) is 127 Å². The summed E-state index contributed by atoms with van der Waals surface area (Å²) in [5.41, 5.74) is 13.7. The van der Waals surface area contributed by atoms with Gasteiger partial charge in [-0.05, 0) is 53.6 Å². The first-order valence-corrected chi connectivity index (χ1v) is 16.2. The first-order chi connectivity index (χ1) is 21.2. The van der Waals surface area contributed by atoms with E-state index in [0.717, 1.165) is 19.3 Å². The van der Waals surface area contributed by atoms with Gasteiger partial charge in [-0.25, -0.2) is 0 Å². The molecule has 43 heavy (non-hydrogen) atoms. The summed E-state index contributed by atoms with van der Waals surface area (Å²) >= 11 is 0. The quantitative estimate of drug-likeness (QED) is 0.139. The SMILES string of the molecule is CCCCc1cc[n+]2c(c1)-c1ccccc1C1(CC)C=C(C3c4ccccc4-c4cc(-c5ccccc5)cc[n+]43)C21CC. The molecular weight excluding hydrogens is 520 g/mol. The molecule has 3 aliphatic rings. The molecule has 0 saturated carbocycles. The molecule has 0 saturated heterocycles. The van der Waals surface area contributed by atoms with Gasteiger partial charge in [0.15, 0.2) is 12.4 Å². The molecule has 0 amide bonds. The second-order valence-electron chi connectivity index (χ2n) is 12.6. The molecule has 2 heteroatoms. The Morgan fingerprint density at radius 3 is 2.23 bits per heavy atom. The minimum atomic E-state index is -0.140. The Morgan fingerprint density at radius 1 is 0.674 bits per heavy atom. The zero-order chi connectivity index (χ0) is 29.2. The summed E-state index contributed by atoms with van der Waals surface area (Å²) in [4.78, 5) is 0. The lowest BCUT2D eigenvalue weighted by Crippen LogP contribution is -2.76. The van der Waals surface area contributed by atoms with Gasteiger partial charge in [0.1, 0.15) is 0 Å². The van der Waals surface area contributed by atoms with Crippen molar-refractivity contribution in [3.63, 3.8) is 0 Å². The van der Waals surface area contributed by atoms with Crippen molar-refractivity contribution in [3.8, 4) is 33.6 Å².